The van der Waals surface area contributed by atoms with Gasteiger partial charge in [0.15, 0.2) is 5.78 Å². The lowest BCUT2D eigenvalue weighted by Gasteiger charge is -2.08. The first-order valence-electron chi connectivity index (χ1n) is 5.55. The first-order chi connectivity index (χ1) is 8.56. The molecule has 0 amide bonds. The lowest BCUT2D eigenvalue weighted by molar-refractivity contribution is 0.101. The highest BCUT2D eigenvalue weighted by molar-refractivity contribution is 7.16. The number of thiophene rings is 1. The van der Waals surface area contributed by atoms with E-state index in [4.69, 9.17) is 16.3 Å². The number of carbonyl (C=O) groups is 1. The third-order valence-electron chi connectivity index (χ3n) is 2.58. The van der Waals surface area contributed by atoms with Crippen molar-refractivity contribution in [1.29, 1.82) is 0 Å². The minimum atomic E-state index is 0.0645. The van der Waals surface area contributed by atoms with Crippen molar-refractivity contribution in [1.82, 2.24) is 0 Å². The van der Waals surface area contributed by atoms with Gasteiger partial charge in [0.25, 0.3) is 0 Å². The van der Waals surface area contributed by atoms with Crippen molar-refractivity contribution in [2.75, 3.05) is 0 Å². The van der Waals surface area contributed by atoms with E-state index in [1.165, 1.54) is 11.3 Å². The summed E-state index contributed by atoms with van der Waals surface area (Å²) in [6.45, 7) is 3.99. The summed E-state index contributed by atoms with van der Waals surface area (Å²) < 4.78 is 6.47. The molecule has 4 heteroatoms. The van der Waals surface area contributed by atoms with E-state index in [0.29, 0.717) is 12.2 Å². The van der Waals surface area contributed by atoms with E-state index in [1.54, 1.807) is 13.0 Å². The monoisotopic (exact) mass is 280 g/mol. The van der Waals surface area contributed by atoms with Gasteiger partial charge in [-0.05, 0) is 49.7 Å². The van der Waals surface area contributed by atoms with Gasteiger partial charge in [0.2, 0.25) is 0 Å². The molecule has 0 saturated heterocycles. The Morgan fingerprint density at radius 2 is 2.11 bits per heavy atom. The minimum Gasteiger partial charge on any atom is -0.488 e. The van der Waals surface area contributed by atoms with Crippen molar-refractivity contribution in [3.63, 3.8) is 0 Å². The molecule has 1 aromatic carbocycles. The highest BCUT2D eigenvalue weighted by Crippen LogP contribution is 2.25. The number of carbonyl (C=O) groups excluding carboxylic acids is 1. The number of hydrogen-bond donors (Lipinski definition) is 0. The quantitative estimate of drug-likeness (QED) is 0.771. The van der Waals surface area contributed by atoms with Crippen LogP contribution in [-0.2, 0) is 6.61 Å². The Bertz CT molecular complexity index is 575. The van der Waals surface area contributed by atoms with Gasteiger partial charge >= 0.3 is 0 Å². The summed E-state index contributed by atoms with van der Waals surface area (Å²) in [4.78, 5) is 12.3. The molecule has 2 aromatic rings. The van der Waals surface area contributed by atoms with Crippen LogP contribution in [0.3, 0.4) is 0 Å². The third-order valence-corrected chi connectivity index (χ3v) is 3.78. The van der Waals surface area contributed by atoms with Crippen molar-refractivity contribution >= 4 is 28.7 Å². The van der Waals surface area contributed by atoms with Crippen molar-refractivity contribution in [3.05, 3.63) is 50.7 Å². The molecular formula is C14H13ClO2S. The molecule has 0 unspecified atom stereocenters. The standard InChI is InChI=1S/C14H13ClO2S/c1-9-7-11(10(2)16)3-5-13(9)17-8-12-4-6-14(15)18-12/h3-7H,8H2,1-2H3. The average Bonchev–Trinajstić information content (AvgIpc) is 2.73. The zero-order valence-electron chi connectivity index (χ0n) is 10.2. The highest BCUT2D eigenvalue weighted by atomic mass is 35.5. The van der Waals surface area contributed by atoms with Crippen LogP contribution in [0, 0.1) is 6.92 Å². The number of aryl methyl sites for hydroxylation is 1. The largest absolute Gasteiger partial charge is 0.488 e. The fourth-order valence-corrected chi connectivity index (χ4v) is 2.61. The SMILES string of the molecule is CC(=O)c1ccc(OCc2ccc(Cl)s2)c(C)c1. The Labute approximate surface area is 115 Å². The molecule has 0 aliphatic heterocycles. The summed E-state index contributed by atoms with van der Waals surface area (Å²) in [6, 6.07) is 9.27. The second-order valence-electron chi connectivity index (χ2n) is 4.03. The summed E-state index contributed by atoms with van der Waals surface area (Å²) in [6.07, 6.45) is 0. The van der Waals surface area contributed by atoms with Crippen LogP contribution in [0.2, 0.25) is 4.34 Å². The first-order valence-corrected chi connectivity index (χ1v) is 6.74. The van der Waals surface area contributed by atoms with Crippen LogP contribution >= 0.6 is 22.9 Å². The predicted molar refractivity (Wildman–Crippen MR) is 74.8 cm³/mol. The number of halogens is 1. The van der Waals surface area contributed by atoms with Crippen LogP contribution in [-0.4, -0.2) is 5.78 Å². The summed E-state index contributed by atoms with van der Waals surface area (Å²) in [7, 11) is 0. The van der Waals surface area contributed by atoms with E-state index in [-0.39, 0.29) is 5.78 Å². The number of hydrogen-bond acceptors (Lipinski definition) is 3. The smallest absolute Gasteiger partial charge is 0.159 e. The molecule has 0 radical (unpaired) electrons. The van der Waals surface area contributed by atoms with Crippen molar-refractivity contribution < 1.29 is 9.53 Å². The normalized spacial score (nSPS) is 10.4. The molecule has 2 nitrogen and oxygen atoms in total. The van der Waals surface area contributed by atoms with Crippen molar-refractivity contribution in [2.45, 2.75) is 20.5 Å². The van der Waals surface area contributed by atoms with Crippen molar-refractivity contribution in [2.24, 2.45) is 0 Å². The molecule has 1 heterocycles. The Balaban J connectivity index is 2.08. The van der Waals surface area contributed by atoms with Gasteiger partial charge in [-0.25, -0.2) is 0 Å². The van der Waals surface area contributed by atoms with E-state index in [2.05, 4.69) is 0 Å². The molecule has 0 saturated carbocycles. The van der Waals surface area contributed by atoms with Gasteiger partial charge in [-0.3, -0.25) is 4.79 Å². The van der Waals surface area contributed by atoms with Crippen LogP contribution in [0.15, 0.2) is 30.3 Å². The average molecular weight is 281 g/mol. The van der Waals surface area contributed by atoms with Crippen molar-refractivity contribution in [3.8, 4) is 5.75 Å². The fraction of sp³-hybridized carbons (Fsp3) is 0.214. The maximum atomic E-state index is 11.2. The lowest BCUT2D eigenvalue weighted by atomic mass is 10.1. The van der Waals surface area contributed by atoms with Gasteiger partial charge < -0.3 is 4.74 Å². The summed E-state index contributed by atoms with van der Waals surface area (Å²) in [5.41, 5.74) is 1.67. The minimum absolute atomic E-state index is 0.0645. The van der Waals surface area contributed by atoms with E-state index < -0.39 is 0 Å². The molecule has 0 atom stereocenters. The molecule has 2 rings (SSSR count). The Morgan fingerprint density at radius 3 is 2.67 bits per heavy atom. The molecule has 1 aromatic heterocycles. The van der Waals surface area contributed by atoms with Crippen LogP contribution in [0.1, 0.15) is 27.7 Å². The topological polar surface area (TPSA) is 26.3 Å². The zero-order chi connectivity index (χ0) is 13.1. The molecule has 0 fully saturated rings. The van der Waals surface area contributed by atoms with Gasteiger partial charge in [-0.15, -0.1) is 11.3 Å². The predicted octanol–water partition coefficient (Wildman–Crippen LogP) is 4.49. The van der Waals surface area contributed by atoms with Gasteiger partial charge in [0, 0.05) is 10.4 Å². The molecule has 0 spiro atoms. The maximum Gasteiger partial charge on any atom is 0.159 e. The Kier molecular flexibility index (Phi) is 4.04. The maximum absolute atomic E-state index is 11.2. The second kappa shape index (κ2) is 5.55. The first kappa shape index (κ1) is 13.1. The molecule has 0 aliphatic carbocycles. The summed E-state index contributed by atoms with van der Waals surface area (Å²) in [5.74, 6) is 0.860. The Morgan fingerprint density at radius 1 is 1.33 bits per heavy atom. The van der Waals surface area contributed by atoms with E-state index in [0.717, 1.165) is 20.5 Å². The van der Waals surface area contributed by atoms with E-state index >= 15 is 0 Å². The summed E-state index contributed by atoms with van der Waals surface area (Å²) >= 11 is 7.36. The van der Waals surface area contributed by atoms with Crippen LogP contribution in [0.25, 0.3) is 0 Å². The molecular weight excluding hydrogens is 268 g/mol. The number of ketones is 1. The Hall–Kier alpha value is -1.32. The van der Waals surface area contributed by atoms with Crippen LogP contribution < -0.4 is 4.74 Å². The third kappa shape index (κ3) is 3.12. The number of Topliss-reactive ketones (excluding diaryl/α,β-unsaturated/α-hetero) is 1. The molecule has 0 bridgehead atoms. The molecule has 0 aliphatic rings. The molecule has 94 valence electrons. The molecule has 0 N–H and O–H groups in total. The van der Waals surface area contributed by atoms with Gasteiger partial charge in [-0.1, -0.05) is 11.6 Å². The van der Waals surface area contributed by atoms with E-state index in [1.807, 2.05) is 31.2 Å². The second-order valence-corrected chi connectivity index (χ2v) is 5.83. The zero-order valence-corrected chi connectivity index (χ0v) is 11.8. The highest BCUT2D eigenvalue weighted by Gasteiger charge is 2.05. The van der Waals surface area contributed by atoms with Crippen LogP contribution in [0.4, 0.5) is 0 Å². The number of ether oxygens (including phenoxy) is 1. The fourth-order valence-electron chi connectivity index (χ4n) is 1.61. The van der Waals surface area contributed by atoms with E-state index in [9.17, 15) is 4.79 Å². The summed E-state index contributed by atoms with van der Waals surface area (Å²) in [5, 5.41) is 0. The lowest BCUT2D eigenvalue weighted by Crippen LogP contribution is -1.97. The number of benzene rings is 1. The van der Waals surface area contributed by atoms with Gasteiger partial charge in [-0.2, -0.15) is 0 Å². The molecule has 18 heavy (non-hydrogen) atoms. The van der Waals surface area contributed by atoms with Gasteiger partial charge in [0.05, 0.1) is 4.34 Å². The van der Waals surface area contributed by atoms with Crippen LogP contribution in [0.5, 0.6) is 5.75 Å². The van der Waals surface area contributed by atoms with Gasteiger partial charge in [0.1, 0.15) is 12.4 Å². The number of rotatable bonds is 4.